The van der Waals surface area contributed by atoms with Crippen molar-refractivity contribution in [2.45, 2.75) is 50.5 Å². The SMILES string of the molecule is COc1ccc(COCC(OC(=O)N2CCC(c3nc4n(c3Cl)-c3ccc(F)cc3CC4)CC2)C(F)(F)F)cc1. The van der Waals surface area contributed by atoms with E-state index in [4.69, 9.17) is 30.8 Å². The maximum Gasteiger partial charge on any atom is 0.427 e. The van der Waals surface area contributed by atoms with E-state index in [2.05, 4.69) is 0 Å². The fourth-order valence-electron chi connectivity index (χ4n) is 5.09. The highest BCUT2D eigenvalue weighted by Crippen LogP contribution is 2.38. The maximum absolute atomic E-state index is 13.7. The Balaban J connectivity index is 1.17. The molecule has 3 heterocycles. The van der Waals surface area contributed by atoms with Crippen molar-refractivity contribution in [2.24, 2.45) is 0 Å². The lowest BCUT2D eigenvalue weighted by molar-refractivity contribution is -0.220. The van der Waals surface area contributed by atoms with Gasteiger partial charge in [0, 0.05) is 25.4 Å². The maximum atomic E-state index is 13.7. The van der Waals surface area contributed by atoms with Crippen LogP contribution in [0.5, 0.6) is 5.75 Å². The first kappa shape index (κ1) is 28.2. The average molecular weight is 582 g/mol. The van der Waals surface area contributed by atoms with E-state index in [-0.39, 0.29) is 31.4 Å². The molecule has 1 saturated heterocycles. The number of ether oxygens (including phenoxy) is 3. The van der Waals surface area contributed by atoms with E-state index in [1.54, 1.807) is 30.3 Å². The smallest absolute Gasteiger partial charge is 0.427 e. The number of halogens is 5. The van der Waals surface area contributed by atoms with E-state index in [0.29, 0.717) is 47.8 Å². The molecule has 2 aliphatic rings. The van der Waals surface area contributed by atoms with Gasteiger partial charge in [-0.15, -0.1) is 0 Å². The molecule has 3 aromatic rings. The normalized spacial score (nSPS) is 16.3. The predicted molar refractivity (Wildman–Crippen MR) is 138 cm³/mol. The van der Waals surface area contributed by atoms with Crippen LogP contribution in [0.3, 0.4) is 0 Å². The fraction of sp³-hybridized carbons (Fsp3) is 0.429. The number of benzene rings is 2. The van der Waals surface area contributed by atoms with Crippen molar-refractivity contribution in [3.8, 4) is 11.4 Å². The Labute approximate surface area is 233 Å². The van der Waals surface area contributed by atoms with Crippen LogP contribution in [0.25, 0.3) is 5.69 Å². The highest BCUT2D eigenvalue weighted by Gasteiger charge is 2.44. The largest absolute Gasteiger partial charge is 0.497 e. The summed E-state index contributed by atoms with van der Waals surface area (Å²) in [7, 11) is 1.51. The number of carbonyl (C=O) groups excluding carboxylic acids is 1. The molecule has 0 N–H and O–H groups in total. The number of likely N-dealkylation sites (tertiary alicyclic amines) is 1. The zero-order valence-electron chi connectivity index (χ0n) is 21.7. The minimum Gasteiger partial charge on any atom is -0.497 e. The summed E-state index contributed by atoms with van der Waals surface area (Å²) in [5, 5.41) is 0.440. The van der Waals surface area contributed by atoms with E-state index >= 15 is 0 Å². The number of carbonyl (C=O) groups is 1. The third-order valence-electron chi connectivity index (χ3n) is 7.26. The molecule has 7 nitrogen and oxygen atoms in total. The monoisotopic (exact) mass is 581 g/mol. The van der Waals surface area contributed by atoms with Crippen LogP contribution in [-0.4, -0.2) is 59.6 Å². The van der Waals surface area contributed by atoms with Gasteiger partial charge in [-0.3, -0.25) is 4.57 Å². The number of methoxy groups -OCH3 is 1. The third kappa shape index (κ3) is 6.05. The quantitative estimate of drug-likeness (QED) is 0.309. The molecule has 40 heavy (non-hydrogen) atoms. The van der Waals surface area contributed by atoms with Gasteiger partial charge < -0.3 is 19.1 Å². The van der Waals surface area contributed by atoms with Crippen LogP contribution in [0, 0.1) is 5.82 Å². The molecule has 12 heteroatoms. The van der Waals surface area contributed by atoms with E-state index < -0.39 is 25.0 Å². The van der Waals surface area contributed by atoms with Crippen LogP contribution < -0.4 is 4.74 Å². The van der Waals surface area contributed by atoms with E-state index in [1.165, 1.54) is 24.1 Å². The first-order valence-corrected chi connectivity index (χ1v) is 13.3. The second kappa shape index (κ2) is 11.7. The molecule has 0 radical (unpaired) electrons. The van der Waals surface area contributed by atoms with Gasteiger partial charge in [0.05, 0.1) is 31.7 Å². The fourth-order valence-corrected chi connectivity index (χ4v) is 5.47. The van der Waals surface area contributed by atoms with Gasteiger partial charge in [0.2, 0.25) is 6.10 Å². The van der Waals surface area contributed by atoms with Crippen molar-refractivity contribution in [3.05, 3.63) is 76.1 Å². The van der Waals surface area contributed by atoms with Crippen molar-refractivity contribution in [1.82, 2.24) is 14.5 Å². The van der Waals surface area contributed by atoms with Crippen LogP contribution >= 0.6 is 11.6 Å². The van der Waals surface area contributed by atoms with Gasteiger partial charge >= 0.3 is 12.3 Å². The summed E-state index contributed by atoms with van der Waals surface area (Å²) in [6.45, 7) is -0.505. The Bertz CT molecular complexity index is 1350. The van der Waals surface area contributed by atoms with Crippen LogP contribution in [0.1, 0.15) is 41.4 Å². The number of fused-ring (bicyclic) bond motifs is 3. The Kier molecular flexibility index (Phi) is 8.23. The molecule has 0 spiro atoms. The molecule has 0 bridgehead atoms. The van der Waals surface area contributed by atoms with E-state index in [9.17, 15) is 22.4 Å². The average Bonchev–Trinajstić information content (AvgIpc) is 3.28. The van der Waals surface area contributed by atoms with Gasteiger partial charge in [-0.1, -0.05) is 23.7 Å². The Morgan fingerprint density at radius 2 is 1.85 bits per heavy atom. The molecule has 214 valence electrons. The number of hydrogen-bond donors (Lipinski definition) is 0. The summed E-state index contributed by atoms with van der Waals surface area (Å²) in [5.41, 5.74) is 2.98. The number of alkyl halides is 3. The van der Waals surface area contributed by atoms with Gasteiger partial charge in [0.25, 0.3) is 0 Å². The molecular weight excluding hydrogens is 554 g/mol. The van der Waals surface area contributed by atoms with E-state index in [1.807, 2.05) is 4.57 Å². The number of amides is 1. The van der Waals surface area contributed by atoms with Gasteiger partial charge in [-0.25, -0.2) is 14.2 Å². The number of hydrogen-bond acceptors (Lipinski definition) is 5. The topological polar surface area (TPSA) is 65.8 Å². The number of aromatic nitrogens is 2. The number of aryl methyl sites for hydroxylation is 2. The molecular formula is C28H28ClF4N3O4. The highest BCUT2D eigenvalue weighted by molar-refractivity contribution is 6.30. The van der Waals surface area contributed by atoms with Crippen molar-refractivity contribution in [2.75, 3.05) is 26.8 Å². The zero-order valence-corrected chi connectivity index (χ0v) is 22.5. The third-order valence-corrected chi connectivity index (χ3v) is 7.62. The number of rotatable bonds is 7. The highest BCUT2D eigenvalue weighted by atomic mass is 35.5. The van der Waals surface area contributed by atoms with E-state index in [0.717, 1.165) is 17.1 Å². The summed E-state index contributed by atoms with van der Waals surface area (Å²) < 4.78 is 71.5. The molecule has 1 fully saturated rings. The number of imidazole rings is 1. The van der Waals surface area contributed by atoms with Crippen molar-refractivity contribution >= 4 is 17.7 Å². The van der Waals surface area contributed by atoms with Crippen LogP contribution in [0.4, 0.5) is 22.4 Å². The summed E-state index contributed by atoms with van der Waals surface area (Å²) >= 11 is 6.73. The second-order valence-electron chi connectivity index (χ2n) is 9.85. The van der Waals surface area contributed by atoms with Crippen LogP contribution in [0.2, 0.25) is 5.15 Å². The lowest BCUT2D eigenvalue weighted by Crippen LogP contribution is -2.44. The molecule has 2 aromatic carbocycles. The van der Waals surface area contributed by atoms with Gasteiger partial charge in [-0.2, -0.15) is 13.2 Å². The second-order valence-corrected chi connectivity index (χ2v) is 10.2. The number of piperidine rings is 1. The van der Waals surface area contributed by atoms with Crippen molar-refractivity contribution in [1.29, 1.82) is 0 Å². The van der Waals surface area contributed by atoms with Gasteiger partial charge in [-0.05, 0) is 60.7 Å². The first-order valence-electron chi connectivity index (χ1n) is 12.9. The minimum atomic E-state index is -4.78. The van der Waals surface area contributed by atoms with Crippen molar-refractivity contribution < 1.29 is 36.6 Å². The lowest BCUT2D eigenvalue weighted by atomic mass is 9.94. The molecule has 2 aliphatic heterocycles. The first-order chi connectivity index (χ1) is 19.1. The van der Waals surface area contributed by atoms with Crippen LogP contribution in [-0.2, 0) is 28.9 Å². The summed E-state index contributed by atoms with van der Waals surface area (Å²) in [5.74, 6) is 1.01. The predicted octanol–water partition coefficient (Wildman–Crippen LogP) is 6.24. The molecule has 1 atom stereocenters. The van der Waals surface area contributed by atoms with Crippen LogP contribution in [0.15, 0.2) is 42.5 Å². The standard InChI is InChI=1S/C28H28ClF4N3O4/c1-38-21-6-2-17(3-7-21)15-39-16-23(28(31,32)33)40-27(37)35-12-10-18(11-13-35)25-26(29)36-22-8-5-20(30)14-19(22)4-9-24(36)34-25/h2-3,5-8,14,18,23H,4,9-13,15-16H2,1H3. The van der Waals surface area contributed by atoms with Gasteiger partial charge in [0.1, 0.15) is 22.5 Å². The Morgan fingerprint density at radius 3 is 2.52 bits per heavy atom. The Hall–Kier alpha value is -3.31. The number of nitrogens with zero attached hydrogens (tertiary/aromatic N) is 3. The molecule has 1 amide bonds. The molecule has 1 aromatic heterocycles. The molecule has 0 aliphatic carbocycles. The van der Waals surface area contributed by atoms with Gasteiger partial charge in [0.15, 0.2) is 0 Å². The van der Waals surface area contributed by atoms with Crippen molar-refractivity contribution in [3.63, 3.8) is 0 Å². The lowest BCUT2D eigenvalue weighted by Gasteiger charge is -2.32. The molecule has 5 rings (SSSR count). The summed E-state index contributed by atoms with van der Waals surface area (Å²) in [6, 6.07) is 11.3. The molecule has 0 saturated carbocycles. The zero-order chi connectivity index (χ0) is 28.4. The summed E-state index contributed by atoms with van der Waals surface area (Å²) in [6.07, 6.45) is -6.03. The minimum absolute atomic E-state index is 0.0751. The summed E-state index contributed by atoms with van der Waals surface area (Å²) in [4.78, 5) is 18.7. The Morgan fingerprint density at radius 1 is 1.12 bits per heavy atom. The molecule has 1 unspecified atom stereocenters.